The van der Waals surface area contributed by atoms with Gasteiger partial charge in [0.1, 0.15) is 0 Å². The van der Waals surface area contributed by atoms with Crippen LogP contribution in [0.5, 0.6) is 0 Å². The monoisotopic (exact) mass is 348 g/mol. The van der Waals surface area contributed by atoms with E-state index in [1.54, 1.807) is 24.3 Å². The fourth-order valence-electron chi connectivity index (χ4n) is 2.08. The number of sulfonamides is 1. The predicted molar refractivity (Wildman–Crippen MR) is 81.7 cm³/mol. The molecule has 0 fully saturated rings. The molecule has 0 radical (unpaired) electrons. The number of rotatable bonds is 6. The van der Waals surface area contributed by atoms with Gasteiger partial charge in [-0.3, -0.25) is 0 Å². The number of likely N-dealkylation sites (N-methyl/N-ethyl adjacent to an activating group) is 2. The molecule has 19 heavy (non-hydrogen) atoms. The van der Waals surface area contributed by atoms with Crippen LogP contribution in [0.3, 0.4) is 0 Å². The van der Waals surface area contributed by atoms with E-state index < -0.39 is 10.0 Å². The summed E-state index contributed by atoms with van der Waals surface area (Å²) in [5, 5.41) is 0. The van der Waals surface area contributed by atoms with Crippen molar-refractivity contribution in [3.63, 3.8) is 0 Å². The molecule has 4 nitrogen and oxygen atoms in total. The molecule has 1 aromatic rings. The molecule has 0 aromatic heterocycles. The maximum atomic E-state index is 12.6. The van der Waals surface area contributed by atoms with Gasteiger partial charge in [0, 0.05) is 23.6 Å². The van der Waals surface area contributed by atoms with Gasteiger partial charge >= 0.3 is 0 Å². The van der Waals surface area contributed by atoms with Gasteiger partial charge < -0.3 is 4.90 Å². The lowest BCUT2D eigenvalue weighted by atomic mass is 10.3. The molecule has 0 bridgehead atoms. The summed E-state index contributed by atoms with van der Waals surface area (Å²) in [4.78, 5) is 2.33. The molecular formula is C13H21BrN2O2S. The highest BCUT2D eigenvalue weighted by Gasteiger charge is 2.27. The molecule has 0 saturated heterocycles. The first-order chi connectivity index (χ1) is 8.78. The van der Waals surface area contributed by atoms with E-state index in [4.69, 9.17) is 0 Å². The molecule has 108 valence electrons. The molecule has 1 atom stereocenters. The summed E-state index contributed by atoms with van der Waals surface area (Å²) in [7, 11) is 0.455. The Morgan fingerprint density at radius 3 is 2.16 bits per heavy atom. The van der Waals surface area contributed by atoms with Gasteiger partial charge in [0.05, 0.1) is 4.90 Å². The van der Waals surface area contributed by atoms with E-state index in [1.807, 2.05) is 32.8 Å². The van der Waals surface area contributed by atoms with Crippen molar-refractivity contribution >= 4 is 26.0 Å². The number of hydrogen-bond donors (Lipinski definition) is 0. The van der Waals surface area contributed by atoms with Gasteiger partial charge in [0.25, 0.3) is 0 Å². The molecule has 0 saturated carbocycles. The van der Waals surface area contributed by atoms with Crippen LogP contribution in [0.4, 0.5) is 0 Å². The highest BCUT2D eigenvalue weighted by atomic mass is 79.9. The molecule has 1 unspecified atom stereocenters. The SMILES string of the molecule is CCN(C(C)CN(C)C)S(=O)(=O)c1ccc(Br)cc1. The molecule has 0 heterocycles. The molecular weight excluding hydrogens is 328 g/mol. The Morgan fingerprint density at radius 1 is 1.21 bits per heavy atom. The highest BCUT2D eigenvalue weighted by molar-refractivity contribution is 9.10. The summed E-state index contributed by atoms with van der Waals surface area (Å²) in [6.07, 6.45) is 0. The van der Waals surface area contributed by atoms with Crippen molar-refractivity contribution < 1.29 is 8.42 Å². The molecule has 0 amide bonds. The van der Waals surface area contributed by atoms with Crippen LogP contribution in [0, 0.1) is 0 Å². The number of nitrogens with zero attached hydrogens (tertiary/aromatic N) is 2. The van der Waals surface area contributed by atoms with Gasteiger partial charge in [-0.05, 0) is 45.3 Å². The lowest BCUT2D eigenvalue weighted by molar-refractivity contribution is 0.271. The second kappa shape index (κ2) is 6.83. The van der Waals surface area contributed by atoms with Crippen LogP contribution >= 0.6 is 15.9 Å². The number of benzene rings is 1. The van der Waals surface area contributed by atoms with Crippen LogP contribution in [0.2, 0.25) is 0 Å². The Kier molecular flexibility index (Phi) is 5.98. The van der Waals surface area contributed by atoms with E-state index in [0.717, 1.165) is 4.47 Å². The normalized spacial score (nSPS) is 14.1. The third-order valence-corrected chi connectivity index (χ3v) is 5.48. The Morgan fingerprint density at radius 2 is 1.74 bits per heavy atom. The average Bonchev–Trinajstić information content (AvgIpc) is 2.28. The zero-order valence-electron chi connectivity index (χ0n) is 11.8. The Hall–Kier alpha value is -0.430. The van der Waals surface area contributed by atoms with Crippen molar-refractivity contribution in [1.29, 1.82) is 0 Å². The fourth-order valence-corrected chi connectivity index (χ4v) is 3.98. The summed E-state index contributed by atoms with van der Waals surface area (Å²) in [5.41, 5.74) is 0. The summed E-state index contributed by atoms with van der Waals surface area (Å²) in [6, 6.07) is 6.69. The first-order valence-electron chi connectivity index (χ1n) is 6.21. The second-order valence-electron chi connectivity index (χ2n) is 4.77. The third-order valence-electron chi connectivity index (χ3n) is 2.85. The van der Waals surface area contributed by atoms with Crippen molar-refractivity contribution in [2.45, 2.75) is 24.8 Å². The summed E-state index contributed by atoms with van der Waals surface area (Å²) in [6.45, 7) is 4.96. The first-order valence-corrected chi connectivity index (χ1v) is 8.44. The molecule has 0 spiro atoms. The van der Waals surface area contributed by atoms with Gasteiger partial charge in [-0.1, -0.05) is 22.9 Å². The smallest absolute Gasteiger partial charge is 0.243 e. The van der Waals surface area contributed by atoms with Crippen LogP contribution in [0.15, 0.2) is 33.6 Å². The molecule has 6 heteroatoms. The Labute approximate surface area is 124 Å². The predicted octanol–water partition coefficient (Wildman–Crippen LogP) is 2.41. The van der Waals surface area contributed by atoms with Crippen molar-refractivity contribution in [3.05, 3.63) is 28.7 Å². The van der Waals surface area contributed by atoms with Crippen molar-refractivity contribution in [2.24, 2.45) is 0 Å². The van der Waals surface area contributed by atoms with Gasteiger partial charge in [-0.15, -0.1) is 0 Å². The van der Waals surface area contributed by atoms with Crippen LogP contribution in [0.1, 0.15) is 13.8 Å². The van der Waals surface area contributed by atoms with Gasteiger partial charge in [-0.2, -0.15) is 4.31 Å². The van der Waals surface area contributed by atoms with Crippen molar-refractivity contribution in [1.82, 2.24) is 9.21 Å². The summed E-state index contributed by atoms with van der Waals surface area (Å²) >= 11 is 3.31. The van der Waals surface area contributed by atoms with Gasteiger partial charge in [0.2, 0.25) is 10.0 Å². The van der Waals surface area contributed by atoms with Crippen LogP contribution in [-0.4, -0.2) is 50.8 Å². The minimum atomic E-state index is -3.43. The van der Waals surface area contributed by atoms with E-state index in [2.05, 4.69) is 15.9 Å². The minimum absolute atomic E-state index is 0.0614. The van der Waals surface area contributed by atoms with Crippen molar-refractivity contribution in [3.8, 4) is 0 Å². The average molecular weight is 349 g/mol. The van der Waals surface area contributed by atoms with E-state index >= 15 is 0 Å². The maximum Gasteiger partial charge on any atom is 0.243 e. The third kappa shape index (κ3) is 4.27. The zero-order valence-corrected chi connectivity index (χ0v) is 14.2. The maximum absolute atomic E-state index is 12.6. The molecule has 0 aliphatic heterocycles. The molecule has 0 aliphatic carbocycles. The van der Waals surface area contributed by atoms with E-state index in [1.165, 1.54) is 4.31 Å². The zero-order chi connectivity index (χ0) is 14.6. The van der Waals surface area contributed by atoms with Gasteiger partial charge in [0.15, 0.2) is 0 Å². The molecule has 1 aromatic carbocycles. The van der Waals surface area contributed by atoms with Gasteiger partial charge in [-0.25, -0.2) is 8.42 Å². The second-order valence-corrected chi connectivity index (χ2v) is 7.58. The Balaban J connectivity index is 3.05. The lowest BCUT2D eigenvalue weighted by Crippen LogP contribution is -2.43. The fraction of sp³-hybridized carbons (Fsp3) is 0.538. The number of halogens is 1. The minimum Gasteiger partial charge on any atom is -0.308 e. The van der Waals surface area contributed by atoms with Crippen LogP contribution in [-0.2, 0) is 10.0 Å². The number of hydrogen-bond acceptors (Lipinski definition) is 3. The van der Waals surface area contributed by atoms with E-state index in [-0.39, 0.29) is 6.04 Å². The van der Waals surface area contributed by atoms with Crippen LogP contribution < -0.4 is 0 Å². The highest BCUT2D eigenvalue weighted by Crippen LogP contribution is 2.20. The lowest BCUT2D eigenvalue weighted by Gasteiger charge is -2.29. The standard InChI is InChI=1S/C13H21BrN2O2S/c1-5-16(11(2)10-15(3)4)19(17,18)13-8-6-12(14)7-9-13/h6-9,11H,5,10H2,1-4H3. The summed E-state index contributed by atoms with van der Waals surface area (Å²) < 4.78 is 27.6. The van der Waals surface area contributed by atoms with E-state index in [0.29, 0.717) is 18.0 Å². The largest absolute Gasteiger partial charge is 0.308 e. The van der Waals surface area contributed by atoms with Crippen molar-refractivity contribution in [2.75, 3.05) is 27.2 Å². The molecule has 0 aliphatic rings. The topological polar surface area (TPSA) is 40.6 Å². The quantitative estimate of drug-likeness (QED) is 0.792. The molecule has 1 rings (SSSR count). The Bertz CT molecular complexity index is 500. The van der Waals surface area contributed by atoms with E-state index in [9.17, 15) is 8.42 Å². The van der Waals surface area contributed by atoms with Crippen LogP contribution in [0.25, 0.3) is 0 Å². The molecule has 0 N–H and O–H groups in total. The first kappa shape index (κ1) is 16.6. The summed E-state index contributed by atoms with van der Waals surface area (Å²) in [5.74, 6) is 0.